The number of methoxy groups -OCH3 is 1. The van der Waals surface area contributed by atoms with Crippen LogP contribution in [-0.2, 0) is 19.1 Å². The largest absolute Gasteiger partial charge is 0.493 e. The van der Waals surface area contributed by atoms with Gasteiger partial charge in [-0.25, -0.2) is 0 Å². The van der Waals surface area contributed by atoms with Crippen molar-refractivity contribution in [3.05, 3.63) is 29.8 Å². The zero-order chi connectivity index (χ0) is 25.4. The number of para-hydroxylation sites is 1. The minimum atomic E-state index is -1.20. The van der Waals surface area contributed by atoms with Crippen molar-refractivity contribution in [2.75, 3.05) is 33.4 Å². The van der Waals surface area contributed by atoms with Gasteiger partial charge in [-0.05, 0) is 38.3 Å². The molecule has 2 aliphatic heterocycles. The number of hydrogen-bond acceptors (Lipinski definition) is 7. The fourth-order valence-corrected chi connectivity index (χ4v) is 4.31. The van der Waals surface area contributed by atoms with Gasteiger partial charge in [0.2, 0.25) is 17.7 Å². The monoisotopic (exact) mass is 490 g/mol. The van der Waals surface area contributed by atoms with Crippen LogP contribution < -0.4 is 20.7 Å². The molecule has 0 radical (unpaired) electrons. The lowest BCUT2D eigenvalue weighted by atomic mass is 10.1. The summed E-state index contributed by atoms with van der Waals surface area (Å²) in [4.78, 5) is 53.7. The molecule has 4 N–H and O–H groups in total. The second-order valence-corrected chi connectivity index (χ2v) is 8.79. The van der Waals surface area contributed by atoms with Gasteiger partial charge < -0.3 is 35.4 Å². The van der Waals surface area contributed by atoms with E-state index in [0.29, 0.717) is 25.3 Å². The van der Waals surface area contributed by atoms with Crippen molar-refractivity contribution in [3.8, 4) is 5.75 Å². The maximum atomic E-state index is 13.5. The minimum absolute atomic E-state index is 0.157. The Morgan fingerprint density at radius 1 is 1.23 bits per heavy atom. The van der Waals surface area contributed by atoms with Crippen LogP contribution in [0.2, 0.25) is 0 Å². The van der Waals surface area contributed by atoms with Crippen LogP contribution in [0.4, 0.5) is 0 Å². The smallest absolute Gasteiger partial charge is 0.255 e. The number of nitrogens with one attached hydrogen (secondary N) is 3. The molecule has 4 amide bonds. The fourth-order valence-electron chi connectivity index (χ4n) is 4.31. The van der Waals surface area contributed by atoms with E-state index in [4.69, 9.17) is 9.47 Å². The number of amides is 4. The highest BCUT2D eigenvalue weighted by Gasteiger charge is 2.36. The highest BCUT2D eigenvalue weighted by atomic mass is 16.5. The van der Waals surface area contributed by atoms with E-state index in [1.807, 2.05) is 0 Å². The van der Waals surface area contributed by atoms with Crippen LogP contribution in [0.25, 0.3) is 0 Å². The number of benzene rings is 1. The lowest BCUT2D eigenvalue weighted by Gasteiger charge is -2.29. The Morgan fingerprint density at radius 3 is 2.74 bits per heavy atom. The first-order chi connectivity index (χ1) is 16.8. The first kappa shape index (κ1) is 26.4. The molecule has 35 heavy (non-hydrogen) atoms. The predicted molar refractivity (Wildman–Crippen MR) is 126 cm³/mol. The summed E-state index contributed by atoms with van der Waals surface area (Å²) in [6.07, 6.45) is 0.420. The first-order valence-electron chi connectivity index (χ1n) is 11.9. The zero-order valence-electron chi connectivity index (χ0n) is 20.1. The van der Waals surface area contributed by atoms with Gasteiger partial charge in [0.15, 0.2) is 0 Å². The maximum Gasteiger partial charge on any atom is 0.255 e. The number of ether oxygens (including phenoxy) is 2. The van der Waals surface area contributed by atoms with E-state index >= 15 is 0 Å². The van der Waals surface area contributed by atoms with E-state index in [1.165, 1.54) is 6.92 Å². The van der Waals surface area contributed by atoms with Crippen molar-refractivity contribution in [1.29, 1.82) is 0 Å². The van der Waals surface area contributed by atoms with E-state index in [1.54, 1.807) is 36.3 Å². The first-order valence-corrected chi connectivity index (χ1v) is 11.9. The minimum Gasteiger partial charge on any atom is -0.493 e. The second kappa shape index (κ2) is 12.5. The number of aliphatic hydroxyl groups excluding tert-OH is 1. The molecule has 0 aromatic heterocycles. The van der Waals surface area contributed by atoms with E-state index in [0.717, 1.165) is 12.8 Å². The molecular weight excluding hydrogens is 456 g/mol. The molecular formula is C24H34N4O7. The van der Waals surface area contributed by atoms with Crippen LogP contribution >= 0.6 is 0 Å². The van der Waals surface area contributed by atoms with Crippen LogP contribution in [0, 0.1) is 0 Å². The summed E-state index contributed by atoms with van der Waals surface area (Å²) in [6, 6.07) is 4.09. The van der Waals surface area contributed by atoms with Gasteiger partial charge in [0.05, 0.1) is 37.3 Å². The number of fused-ring (bicyclic) bond motifs is 1. The number of nitrogens with zero attached hydrogens (tertiary/aromatic N) is 1. The molecule has 3 rings (SSSR count). The summed E-state index contributed by atoms with van der Waals surface area (Å²) in [6.45, 7) is 2.70. The van der Waals surface area contributed by atoms with Crippen molar-refractivity contribution in [2.24, 2.45) is 0 Å². The van der Waals surface area contributed by atoms with Crippen LogP contribution in [0.3, 0.4) is 0 Å². The third-order valence-corrected chi connectivity index (χ3v) is 6.10. The average Bonchev–Trinajstić information content (AvgIpc) is 3.29. The number of rotatable bonds is 4. The molecule has 0 bridgehead atoms. The molecule has 0 unspecified atom stereocenters. The molecule has 0 spiro atoms. The number of likely N-dealkylation sites (tertiary alicyclic amines) is 1. The Bertz CT molecular complexity index is 923. The summed E-state index contributed by atoms with van der Waals surface area (Å²) >= 11 is 0. The van der Waals surface area contributed by atoms with Crippen molar-refractivity contribution >= 4 is 23.6 Å². The Kier molecular flexibility index (Phi) is 9.44. The van der Waals surface area contributed by atoms with Crippen LogP contribution in [0.1, 0.15) is 43.0 Å². The molecule has 2 heterocycles. The Morgan fingerprint density at radius 2 is 2.00 bits per heavy atom. The number of carbonyl (C=O) groups is 4. The summed E-state index contributed by atoms with van der Waals surface area (Å²) in [7, 11) is 1.55. The van der Waals surface area contributed by atoms with Gasteiger partial charge in [0.1, 0.15) is 17.8 Å². The molecule has 1 aromatic carbocycles. The third kappa shape index (κ3) is 6.92. The molecule has 1 fully saturated rings. The van der Waals surface area contributed by atoms with Gasteiger partial charge in [0.25, 0.3) is 5.91 Å². The Balaban J connectivity index is 1.90. The highest BCUT2D eigenvalue weighted by Crippen LogP contribution is 2.21. The van der Waals surface area contributed by atoms with Gasteiger partial charge in [-0.2, -0.15) is 0 Å². The molecule has 1 saturated heterocycles. The summed E-state index contributed by atoms with van der Waals surface area (Å²) in [5.74, 6) is -1.82. The van der Waals surface area contributed by atoms with Crippen LogP contribution in [0.15, 0.2) is 24.3 Å². The second-order valence-electron chi connectivity index (χ2n) is 8.79. The lowest BCUT2D eigenvalue weighted by molar-refractivity contribution is -0.138. The number of hydrogen-bond donors (Lipinski definition) is 4. The number of carbonyl (C=O) groups excluding carboxylic acids is 4. The van der Waals surface area contributed by atoms with E-state index in [2.05, 4.69) is 16.0 Å². The quantitative estimate of drug-likeness (QED) is 0.448. The van der Waals surface area contributed by atoms with Gasteiger partial charge in [-0.1, -0.05) is 12.1 Å². The van der Waals surface area contributed by atoms with E-state index in [9.17, 15) is 24.3 Å². The van der Waals surface area contributed by atoms with E-state index in [-0.39, 0.29) is 24.8 Å². The topological polar surface area (TPSA) is 146 Å². The molecule has 11 nitrogen and oxygen atoms in total. The zero-order valence-corrected chi connectivity index (χ0v) is 20.1. The number of aliphatic hydroxyl groups is 1. The Hall–Kier alpha value is -3.18. The molecule has 0 aliphatic carbocycles. The highest BCUT2D eigenvalue weighted by molar-refractivity contribution is 6.01. The van der Waals surface area contributed by atoms with Crippen molar-refractivity contribution in [1.82, 2.24) is 20.9 Å². The standard InChI is InChI=1S/C24H34N4O7/c1-15(29)21-23(32)25-10-6-12-35-19-9-4-3-8-17(19)22(31)26-18(13-20(30)27-21)24(33)28-11-5-7-16(28)14-34-2/h3-4,8-9,15-16,18,21,29H,5-7,10-14H2,1-2H3,(H,25,32)(H,26,31)(H,27,30)/t15-,16+,18+,21+/m1/s1. The van der Waals surface area contributed by atoms with Gasteiger partial charge >= 0.3 is 0 Å². The molecule has 4 atom stereocenters. The summed E-state index contributed by atoms with van der Waals surface area (Å²) in [5, 5.41) is 17.9. The van der Waals surface area contributed by atoms with E-state index < -0.39 is 48.2 Å². The van der Waals surface area contributed by atoms with Crippen LogP contribution in [0.5, 0.6) is 5.75 Å². The molecule has 2 aliphatic rings. The normalized spacial score (nSPS) is 25.2. The molecule has 11 heteroatoms. The Labute approximate surface area is 204 Å². The summed E-state index contributed by atoms with van der Waals surface area (Å²) in [5.41, 5.74) is 0.237. The van der Waals surface area contributed by atoms with Gasteiger partial charge in [-0.3, -0.25) is 19.2 Å². The molecule has 1 aromatic rings. The predicted octanol–water partition coefficient (Wildman–Crippen LogP) is -0.423. The molecule has 0 saturated carbocycles. The molecule has 192 valence electrons. The van der Waals surface area contributed by atoms with Gasteiger partial charge in [-0.15, -0.1) is 0 Å². The SMILES string of the molecule is COC[C@@H]1CCCN1C(=O)[C@@H]1CC(=O)N[C@@H]([C@@H](C)O)C(=O)NCCCOc2ccccc2C(=O)N1. The van der Waals surface area contributed by atoms with Crippen molar-refractivity contribution < 1.29 is 33.8 Å². The average molecular weight is 491 g/mol. The van der Waals surface area contributed by atoms with Crippen LogP contribution in [-0.4, -0.2) is 91.3 Å². The van der Waals surface area contributed by atoms with Gasteiger partial charge in [0, 0.05) is 20.2 Å². The maximum absolute atomic E-state index is 13.5. The lowest BCUT2D eigenvalue weighted by Crippen LogP contribution is -2.56. The third-order valence-electron chi connectivity index (χ3n) is 6.10. The van der Waals surface area contributed by atoms with Crippen molar-refractivity contribution in [3.63, 3.8) is 0 Å². The fraction of sp³-hybridized carbons (Fsp3) is 0.583. The summed E-state index contributed by atoms with van der Waals surface area (Å²) < 4.78 is 11.0. The van der Waals surface area contributed by atoms with Crippen molar-refractivity contribution in [2.45, 2.75) is 56.8 Å².